The third-order valence-corrected chi connectivity index (χ3v) is 3.39. The van der Waals surface area contributed by atoms with E-state index < -0.39 is 0 Å². The van der Waals surface area contributed by atoms with Crippen molar-refractivity contribution in [3.63, 3.8) is 0 Å². The van der Waals surface area contributed by atoms with Gasteiger partial charge in [-0.3, -0.25) is 9.67 Å². The minimum absolute atomic E-state index is 0.223. The molecule has 0 aliphatic carbocycles. The Labute approximate surface area is 109 Å². The SMILES string of the molecule is CNC(Cc1cccnc1)c1c(Br)cnn1C. The molecule has 0 spiro atoms. The third kappa shape index (κ3) is 2.73. The van der Waals surface area contributed by atoms with Gasteiger partial charge >= 0.3 is 0 Å². The largest absolute Gasteiger partial charge is 0.311 e. The van der Waals surface area contributed by atoms with Gasteiger partial charge in [-0.15, -0.1) is 0 Å². The highest BCUT2D eigenvalue weighted by molar-refractivity contribution is 9.10. The molecular formula is C12H15BrN4. The quantitative estimate of drug-likeness (QED) is 0.939. The molecule has 0 radical (unpaired) electrons. The van der Waals surface area contributed by atoms with Crippen molar-refractivity contribution in [1.29, 1.82) is 0 Å². The molecule has 0 aliphatic rings. The molecule has 1 N–H and O–H groups in total. The van der Waals surface area contributed by atoms with Gasteiger partial charge in [-0.05, 0) is 41.0 Å². The number of aryl methyl sites for hydroxylation is 1. The minimum Gasteiger partial charge on any atom is -0.311 e. The molecule has 4 nitrogen and oxygen atoms in total. The average molecular weight is 295 g/mol. The van der Waals surface area contributed by atoms with Crippen LogP contribution < -0.4 is 5.32 Å². The molecule has 0 amide bonds. The van der Waals surface area contributed by atoms with Gasteiger partial charge in [-0.25, -0.2) is 0 Å². The van der Waals surface area contributed by atoms with Gasteiger partial charge in [0, 0.05) is 19.4 Å². The summed E-state index contributed by atoms with van der Waals surface area (Å²) in [7, 11) is 3.91. The summed E-state index contributed by atoms with van der Waals surface area (Å²) in [5.41, 5.74) is 2.36. The fourth-order valence-corrected chi connectivity index (χ4v) is 2.53. The van der Waals surface area contributed by atoms with E-state index in [0.717, 1.165) is 16.6 Å². The van der Waals surface area contributed by atoms with E-state index in [4.69, 9.17) is 0 Å². The molecule has 0 bridgehead atoms. The molecule has 0 fully saturated rings. The zero-order valence-corrected chi connectivity index (χ0v) is 11.5. The maximum absolute atomic E-state index is 4.24. The Hall–Kier alpha value is -1.20. The van der Waals surface area contributed by atoms with Gasteiger partial charge in [0.15, 0.2) is 0 Å². The molecule has 2 heterocycles. The summed E-state index contributed by atoms with van der Waals surface area (Å²) in [6, 6.07) is 4.27. The third-order valence-electron chi connectivity index (χ3n) is 2.78. The molecule has 0 aliphatic heterocycles. The molecule has 17 heavy (non-hydrogen) atoms. The molecule has 2 aromatic rings. The van der Waals surface area contributed by atoms with Crippen LogP contribution in [-0.4, -0.2) is 21.8 Å². The molecule has 0 saturated carbocycles. The number of nitrogens with zero attached hydrogens (tertiary/aromatic N) is 3. The normalized spacial score (nSPS) is 12.6. The predicted octanol–water partition coefficient (Wildman–Crippen LogP) is 2.08. The Morgan fingerprint density at radius 3 is 2.82 bits per heavy atom. The first-order valence-corrected chi connectivity index (χ1v) is 6.25. The lowest BCUT2D eigenvalue weighted by Crippen LogP contribution is -2.22. The number of nitrogens with one attached hydrogen (secondary N) is 1. The van der Waals surface area contributed by atoms with Gasteiger partial charge in [-0.1, -0.05) is 6.07 Å². The fourth-order valence-electron chi connectivity index (χ4n) is 1.90. The summed E-state index contributed by atoms with van der Waals surface area (Å²) in [5, 5.41) is 7.56. The highest BCUT2D eigenvalue weighted by Gasteiger charge is 2.17. The van der Waals surface area contributed by atoms with Crippen molar-refractivity contribution in [2.75, 3.05) is 7.05 Å². The summed E-state index contributed by atoms with van der Waals surface area (Å²) < 4.78 is 2.92. The van der Waals surface area contributed by atoms with Crippen molar-refractivity contribution in [2.24, 2.45) is 7.05 Å². The number of likely N-dealkylation sites (N-methyl/N-ethyl adjacent to an activating group) is 1. The number of halogens is 1. The van der Waals surface area contributed by atoms with E-state index in [2.05, 4.69) is 37.4 Å². The number of hydrogen-bond donors (Lipinski definition) is 1. The molecule has 0 aromatic carbocycles. The summed E-state index contributed by atoms with van der Waals surface area (Å²) in [6.45, 7) is 0. The van der Waals surface area contributed by atoms with Crippen molar-refractivity contribution in [3.05, 3.63) is 46.5 Å². The minimum atomic E-state index is 0.223. The lowest BCUT2D eigenvalue weighted by Gasteiger charge is -2.17. The first-order valence-electron chi connectivity index (χ1n) is 5.46. The summed E-state index contributed by atoms with van der Waals surface area (Å²) in [6.07, 6.45) is 6.40. The Morgan fingerprint density at radius 1 is 1.47 bits per heavy atom. The molecule has 1 atom stereocenters. The first-order chi connectivity index (χ1) is 8.22. The summed E-state index contributed by atoms with van der Waals surface area (Å²) in [4.78, 5) is 4.14. The second-order valence-corrected chi connectivity index (χ2v) is 4.76. The second kappa shape index (κ2) is 5.42. The van der Waals surface area contributed by atoms with Crippen LogP contribution in [0.5, 0.6) is 0 Å². The van der Waals surface area contributed by atoms with E-state index in [1.165, 1.54) is 5.56 Å². The van der Waals surface area contributed by atoms with E-state index in [1.54, 1.807) is 6.20 Å². The Balaban J connectivity index is 2.23. The van der Waals surface area contributed by atoms with Gasteiger partial charge in [0.05, 0.1) is 22.4 Å². The van der Waals surface area contributed by atoms with Gasteiger partial charge in [-0.2, -0.15) is 5.10 Å². The zero-order chi connectivity index (χ0) is 12.3. The van der Waals surface area contributed by atoms with Crippen LogP contribution in [-0.2, 0) is 13.5 Å². The molecular weight excluding hydrogens is 280 g/mol. The van der Waals surface area contributed by atoms with Crippen molar-refractivity contribution in [2.45, 2.75) is 12.5 Å². The Bertz CT molecular complexity index is 461. The van der Waals surface area contributed by atoms with Crippen molar-refractivity contribution in [3.8, 4) is 0 Å². The average Bonchev–Trinajstić information content (AvgIpc) is 2.68. The van der Waals surface area contributed by atoms with E-state index in [1.807, 2.05) is 37.2 Å². The smallest absolute Gasteiger partial charge is 0.0695 e. The topological polar surface area (TPSA) is 42.7 Å². The van der Waals surface area contributed by atoms with Crippen LogP contribution in [0.25, 0.3) is 0 Å². The molecule has 5 heteroatoms. The standard InChI is InChI=1S/C12H15BrN4/c1-14-11(6-9-4-3-5-15-7-9)12-10(13)8-16-17(12)2/h3-5,7-8,11,14H,6H2,1-2H3. The van der Waals surface area contributed by atoms with Gasteiger partial charge < -0.3 is 5.32 Å². The van der Waals surface area contributed by atoms with Crippen LogP contribution in [0.3, 0.4) is 0 Å². The van der Waals surface area contributed by atoms with E-state index in [0.29, 0.717) is 0 Å². The molecule has 1 unspecified atom stereocenters. The lowest BCUT2D eigenvalue weighted by atomic mass is 10.1. The second-order valence-electron chi connectivity index (χ2n) is 3.91. The van der Waals surface area contributed by atoms with Crippen LogP contribution in [0.4, 0.5) is 0 Å². The highest BCUT2D eigenvalue weighted by atomic mass is 79.9. The molecule has 90 valence electrons. The van der Waals surface area contributed by atoms with Crippen LogP contribution >= 0.6 is 15.9 Å². The van der Waals surface area contributed by atoms with Crippen molar-refractivity contribution >= 4 is 15.9 Å². The molecule has 2 rings (SSSR count). The van der Waals surface area contributed by atoms with E-state index in [9.17, 15) is 0 Å². The monoisotopic (exact) mass is 294 g/mol. The van der Waals surface area contributed by atoms with Gasteiger partial charge in [0.1, 0.15) is 0 Å². The van der Waals surface area contributed by atoms with E-state index >= 15 is 0 Å². The predicted molar refractivity (Wildman–Crippen MR) is 70.6 cm³/mol. The van der Waals surface area contributed by atoms with Crippen LogP contribution in [0.2, 0.25) is 0 Å². The molecule has 2 aromatic heterocycles. The number of aromatic nitrogens is 3. The zero-order valence-electron chi connectivity index (χ0n) is 9.89. The Kier molecular flexibility index (Phi) is 3.91. The van der Waals surface area contributed by atoms with Gasteiger partial charge in [0.25, 0.3) is 0 Å². The lowest BCUT2D eigenvalue weighted by molar-refractivity contribution is 0.535. The number of pyridine rings is 1. The summed E-state index contributed by atoms with van der Waals surface area (Å²) in [5.74, 6) is 0. The maximum Gasteiger partial charge on any atom is 0.0695 e. The van der Waals surface area contributed by atoms with Crippen LogP contribution in [0.15, 0.2) is 35.2 Å². The number of rotatable bonds is 4. The van der Waals surface area contributed by atoms with Crippen molar-refractivity contribution < 1.29 is 0 Å². The highest BCUT2D eigenvalue weighted by Crippen LogP contribution is 2.24. The van der Waals surface area contributed by atoms with Crippen molar-refractivity contribution in [1.82, 2.24) is 20.1 Å². The fraction of sp³-hybridized carbons (Fsp3) is 0.333. The van der Waals surface area contributed by atoms with E-state index in [-0.39, 0.29) is 6.04 Å². The summed E-state index contributed by atoms with van der Waals surface area (Å²) >= 11 is 3.53. The van der Waals surface area contributed by atoms with Crippen LogP contribution in [0, 0.1) is 0 Å². The molecule has 0 saturated heterocycles. The van der Waals surface area contributed by atoms with Crippen LogP contribution in [0.1, 0.15) is 17.3 Å². The van der Waals surface area contributed by atoms with Gasteiger partial charge in [0.2, 0.25) is 0 Å². The first kappa shape index (κ1) is 12.3. The number of hydrogen-bond acceptors (Lipinski definition) is 3. The Morgan fingerprint density at radius 2 is 2.29 bits per heavy atom. The maximum atomic E-state index is 4.24.